The molecule has 0 unspecified atom stereocenters. The van der Waals surface area contributed by atoms with Crippen molar-refractivity contribution in [1.82, 2.24) is 15.5 Å². The number of nitrogens with one attached hydrogen (secondary N) is 2. The van der Waals surface area contributed by atoms with Gasteiger partial charge in [-0.15, -0.1) is 0 Å². The number of nitrogens with two attached hydrogens (primary N) is 1. The number of amides is 3. The Morgan fingerprint density at radius 1 is 0.973 bits per heavy atom. The Morgan fingerprint density at radius 3 is 1.78 bits per heavy atom. The summed E-state index contributed by atoms with van der Waals surface area (Å²) in [4.78, 5) is 59.7. The highest BCUT2D eigenvalue weighted by Gasteiger charge is 2.40. The van der Waals surface area contributed by atoms with Crippen LogP contribution in [0, 0.1) is 5.92 Å². The van der Waals surface area contributed by atoms with E-state index in [9.17, 15) is 37.5 Å². The van der Waals surface area contributed by atoms with E-state index in [0.717, 1.165) is 0 Å². The molecule has 0 aliphatic carbocycles. The Balaban J connectivity index is 0. The molecule has 216 valence electrons. The van der Waals surface area contributed by atoms with Crippen LogP contribution in [0.5, 0.6) is 0 Å². The van der Waals surface area contributed by atoms with E-state index in [2.05, 4.69) is 26.6 Å². The van der Waals surface area contributed by atoms with Gasteiger partial charge in [0.25, 0.3) is 0 Å². The van der Waals surface area contributed by atoms with Crippen LogP contribution in [0.1, 0.15) is 60.8 Å². The minimum atomic E-state index is -5.08. The van der Waals surface area contributed by atoms with E-state index in [1.807, 2.05) is 0 Å². The summed E-state index contributed by atoms with van der Waals surface area (Å²) in [5, 5.41) is 22.2. The van der Waals surface area contributed by atoms with Crippen LogP contribution in [0.4, 0.5) is 13.2 Å². The SMILES string of the molecule is CC(C)[C@H](NC(=O)CBr)C(=O)N[C@@H](C)C(=O)N([C@@H](CCCCN)C(=O)O)C(C)(C)C.O=C(O)C(F)(F)F. The molecule has 0 fully saturated rings. The number of hydrogen-bond acceptors (Lipinski definition) is 6. The highest BCUT2D eigenvalue weighted by molar-refractivity contribution is 9.09. The number of alkyl halides is 4. The monoisotopic (exact) mass is 606 g/mol. The van der Waals surface area contributed by atoms with Crippen molar-refractivity contribution >= 4 is 45.6 Å². The molecule has 0 heterocycles. The first-order valence-corrected chi connectivity index (χ1v) is 12.6. The van der Waals surface area contributed by atoms with Crippen molar-refractivity contribution in [1.29, 1.82) is 0 Å². The average molecular weight is 607 g/mol. The van der Waals surface area contributed by atoms with Gasteiger partial charge in [0, 0.05) is 5.54 Å². The number of carbonyl (C=O) groups is 5. The second-order valence-electron chi connectivity index (χ2n) is 9.47. The summed E-state index contributed by atoms with van der Waals surface area (Å²) in [6.45, 7) is 10.8. The van der Waals surface area contributed by atoms with Gasteiger partial charge >= 0.3 is 18.1 Å². The predicted octanol–water partition coefficient (Wildman–Crippen LogP) is 1.87. The third kappa shape index (κ3) is 14.2. The van der Waals surface area contributed by atoms with Gasteiger partial charge < -0.3 is 31.5 Å². The fourth-order valence-electron chi connectivity index (χ4n) is 3.12. The van der Waals surface area contributed by atoms with Crippen molar-refractivity contribution in [3.8, 4) is 0 Å². The third-order valence-corrected chi connectivity index (χ3v) is 5.36. The number of carboxylic acid groups (broad SMARTS) is 2. The zero-order chi connectivity index (χ0) is 29.7. The van der Waals surface area contributed by atoms with Crippen LogP contribution in [0.3, 0.4) is 0 Å². The number of halogens is 4. The number of carboxylic acids is 2. The Hall–Kier alpha value is -2.42. The molecule has 0 saturated heterocycles. The molecule has 3 amide bonds. The van der Waals surface area contributed by atoms with E-state index in [1.165, 1.54) is 11.8 Å². The van der Waals surface area contributed by atoms with Crippen molar-refractivity contribution in [3.05, 3.63) is 0 Å². The van der Waals surface area contributed by atoms with E-state index in [0.29, 0.717) is 19.4 Å². The van der Waals surface area contributed by atoms with Crippen molar-refractivity contribution < 1.29 is 47.4 Å². The average Bonchev–Trinajstić information content (AvgIpc) is 2.74. The molecule has 11 nitrogen and oxygen atoms in total. The minimum Gasteiger partial charge on any atom is -0.480 e. The fourth-order valence-corrected chi connectivity index (χ4v) is 3.28. The zero-order valence-electron chi connectivity index (χ0n) is 21.8. The van der Waals surface area contributed by atoms with E-state index in [1.54, 1.807) is 34.6 Å². The molecule has 0 aliphatic heterocycles. The molecule has 0 rings (SSSR count). The summed E-state index contributed by atoms with van der Waals surface area (Å²) in [6.07, 6.45) is -3.58. The topological polar surface area (TPSA) is 179 Å². The summed E-state index contributed by atoms with van der Waals surface area (Å²) >= 11 is 3.04. The summed E-state index contributed by atoms with van der Waals surface area (Å²) < 4.78 is 31.7. The number of hydrogen-bond donors (Lipinski definition) is 5. The quantitative estimate of drug-likeness (QED) is 0.165. The molecule has 0 saturated carbocycles. The Morgan fingerprint density at radius 2 is 1.46 bits per heavy atom. The summed E-state index contributed by atoms with van der Waals surface area (Å²) in [6, 6.07) is -2.80. The van der Waals surface area contributed by atoms with Gasteiger partial charge in [0.1, 0.15) is 18.1 Å². The van der Waals surface area contributed by atoms with E-state index in [4.69, 9.17) is 15.6 Å². The predicted molar refractivity (Wildman–Crippen MR) is 133 cm³/mol. The van der Waals surface area contributed by atoms with Crippen LogP contribution in [0.2, 0.25) is 0 Å². The maximum atomic E-state index is 13.2. The fraction of sp³-hybridized carbons (Fsp3) is 0.773. The molecule has 37 heavy (non-hydrogen) atoms. The highest BCUT2D eigenvalue weighted by Crippen LogP contribution is 2.22. The van der Waals surface area contributed by atoms with Gasteiger partial charge in [0.15, 0.2) is 0 Å². The van der Waals surface area contributed by atoms with Crippen LogP contribution in [0.15, 0.2) is 0 Å². The molecule has 0 radical (unpaired) electrons. The Labute approximate surface area is 222 Å². The maximum Gasteiger partial charge on any atom is 0.490 e. The van der Waals surface area contributed by atoms with Crippen LogP contribution in [-0.4, -0.2) is 86.5 Å². The van der Waals surface area contributed by atoms with Gasteiger partial charge in [-0.1, -0.05) is 29.8 Å². The second-order valence-corrected chi connectivity index (χ2v) is 10.0. The third-order valence-electron chi connectivity index (χ3n) is 4.85. The van der Waals surface area contributed by atoms with Crippen molar-refractivity contribution in [2.24, 2.45) is 11.7 Å². The number of nitrogens with zero attached hydrogens (tertiary/aromatic N) is 1. The van der Waals surface area contributed by atoms with E-state index in [-0.39, 0.29) is 23.6 Å². The second kappa shape index (κ2) is 16.4. The summed E-state index contributed by atoms with van der Waals surface area (Å²) in [5.74, 6) is -5.39. The summed E-state index contributed by atoms with van der Waals surface area (Å²) in [5.41, 5.74) is 4.73. The van der Waals surface area contributed by atoms with Gasteiger partial charge in [-0.3, -0.25) is 14.4 Å². The smallest absolute Gasteiger partial charge is 0.480 e. The highest BCUT2D eigenvalue weighted by atomic mass is 79.9. The molecule has 0 aromatic carbocycles. The Bertz CT molecular complexity index is 789. The first kappa shape index (κ1) is 36.7. The molecule has 0 bridgehead atoms. The van der Waals surface area contributed by atoms with Crippen LogP contribution in [-0.2, 0) is 24.0 Å². The summed E-state index contributed by atoms with van der Waals surface area (Å²) in [7, 11) is 0. The molecule has 0 aromatic heterocycles. The van der Waals surface area contributed by atoms with Crippen LogP contribution >= 0.6 is 15.9 Å². The van der Waals surface area contributed by atoms with E-state index < -0.39 is 53.6 Å². The zero-order valence-corrected chi connectivity index (χ0v) is 23.4. The Kier molecular flexibility index (Phi) is 16.3. The molecule has 0 aromatic rings. The molecule has 6 N–H and O–H groups in total. The van der Waals surface area contributed by atoms with Gasteiger partial charge in [0.2, 0.25) is 17.7 Å². The van der Waals surface area contributed by atoms with Crippen molar-refractivity contribution in [2.45, 2.75) is 90.6 Å². The largest absolute Gasteiger partial charge is 0.490 e. The lowest BCUT2D eigenvalue weighted by Crippen LogP contribution is -2.61. The minimum absolute atomic E-state index is 0.0544. The lowest BCUT2D eigenvalue weighted by Gasteiger charge is -2.41. The lowest BCUT2D eigenvalue weighted by atomic mass is 9.97. The van der Waals surface area contributed by atoms with Crippen molar-refractivity contribution in [3.63, 3.8) is 0 Å². The molecule has 0 aliphatic rings. The maximum absolute atomic E-state index is 13.2. The molecule has 0 spiro atoms. The lowest BCUT2D eigenvalue weighted by molar-refractivity contribution is -0.192. The van der Waals surface area contributed by atoms with Gasteiger partial charge in [0.05, 0.1) is 5.33 Å². The van der Waals surface area contributed by atoms with E-state index >= 15 is 0 Å². The van der Waals surface area contributed by atoms with Gasteiger partial charge in [-0.05, 0) is 59.4 Å². The van der Waals surface area contributed by atoms with Gasteiger partial charge in [-0.2, -0.15) is 13.2 Å². The number of carbonyl (C=O) groups excluding carboxylic acids is 3. The molecular weight excluding hydrogens is 569 g/mol. The normalized spacial score (nSPS) is 13.9. The molecule has 3 atom stereocenters. The number of rotatable bonds is 12. The first-order chi connectivity index (χ1) is 16.7. The van der Waals surface area contributed by atoms with Crippen molar-refractivity contribution in [2.75, 3.05) is 11.9 Å². The number of unbranched alkanes of at least 4 members (excludes halogenated alkanes) is 1. The van der Waals surface area contributed by atoms with Gasteiger partial charge in [-0.25, -0.2) is 9.59 Å². The first-order valence-electron chi connectivity index (χ1n) is 11.4. The molecular formula is C22H38BrF3N4O7. The molecule has 15 heteroatoms. The number of aliphatic carboxylic acids is 2. The van der Waals surface area contributed by atoms with Crippen LogP contribution < -0.4 is 16.4 Å². The standard InChI is InChI=1S/C20H37BrN4O5.C2HF3O2/c1-12(2)16(24-15(26)11-21)17(27)23-13(3)18(28)25(20(4,5)6)14(19(29)30)9-7-8-10-22;3-2(4,5)1(6)7/h12-14,16H,7-11,22H2,1-6H3,(H,23,27)(H,24,26)(H,29,30);(H,6,7)/t13-,14-,16-;/m0./s1. The van der Waals surface area contributed by atoms with Crippen LogP contribution in [0.25, 0.3) is 0 Å².